The molecule has 1 fully saturated rings. The summed E-state index contributed by atoms with van der Waals surface area (Å²) in [4.78, 5) is 2.40. The molecule has 1 aliphatic rings. The molecule has 11 heavy (non-hydrogen) atoms. The quantitative estimate of drug-likeness (QED) is 0.624. The van der Waals surface area contributed by atoms with Crippen LogP contribution >= 0.6 is 0 Å². The lowest BCUT2D eigenvalue weighted by Gasteiger charge is -2.40. The van der Waals surface area contributed by atoms with Gasteiger partial charge >= 0.3 is 0 Å². The van der Waals surface area contributed by atoms with Crippen LogP contribution in [0.2, 0.25) is 0 Å². The van der Waals surface area contributed by atoms with Crippen molar-refractivity contribution in [1.82, 2.24) is 10.2 Å². The van der Waals surface area contributed by atoms with Crippen LogP contribution in [0.5, 0.6) is 0 Å². The van der Waals surface area contributed by atoms with Crippen LogP contribution in [0.15, 0.2) is 0 Å². The summed E-state index contributed by atoms with van der Waals surface area (Å²) >= 11 is 0. The summed E-state index contributed by atoms with van der Waals surface area (Å²) < 4.78 is 5.27. The predicted molar refractivity (Wildman–Crippen MR) is 45.5 cm³/mol. The van der Waals surface area contributed by atoms with Crippen LogP contribution in [0.4, 0.5) is 0 Å². The average molecular weight is 158 g/mol. The standard InChI is InChI=1S/C8H18N2O/c1-8(2,9-3)10-4-6-11-7-5-10/h9H,4-7H2,1-3H3. The largest absolute Gasteiger partial charge is 0.379 e. The van der Waals surface area contributed by atoms with E-state index in [9.17, 15) is 0 Å². The average Bonchev–Trinajstić information content (AvgIpc) is 2.06. The first-order chi connectivity index (χ1) is 5.17. The van der Waals surface area contributed by atoms with Crippen LogP contribution in [0, 0.1) is 0 Å². The Balaban J connectivity index is 2.43. The molecule has 0 amide bonds. The van der Waals surface area contributed by atoms with E-state index in [4.69, 9.17) is 4.74 Å². The van der Waals surface area contributed by atoms with Gasteiger partial charge in [0.25, 0.3) is 0 Å². The van der Waals surface area contributed by atoms with Crippen molar-refractivity contribution in [2.24, 2.45) is 0 Å². The van der Waals surface area contributed by atoms with Crippen molar-refractivity contribution in [3.05, 3.63) is 0 Å². The number of morpholine rings is 1. The van der Waals surface area contributed by atoms with Crippen LogP contribution in [0.1, 0.15) is 13.8 Å². The maximum absolute atomic E-state index is 5.27. The van der Waals surface area contributed by atoms with Gasteiger partial charge in [0.05, 0.1) is 18.9 Å². The minimum atomic E-state index is 0.115. The molecule has 0 aliphatic carbocycles. The molecule has 3 nitrogen and oxygen atoms in total. The van der Waals surface area contributed by atoms with Crippen molar-refractivity contribution in [2.45, 2.75) is 19.5 Å². The van der Waals surface area contributed by atoms with Crippen molar-refractivity contribution < 1.29 is 4.74 Å². The van der Waals surface area contributed by atoms with E-state index in [2.05, 4.69) is 24.1 Å². The van der Waals surface area contributed by atoms with Crippen LogP contribution in [-0.4, -0.2) is 43.9 Å². The Labute approximate surface area is 68.7 Å². The fraction of sp³-hybridized carbons (Fsp3) is 1.00. The summed E-state index contributed by atoms with van der Waals surface area (Å²) in [5.41, 5.74) is 0.115. The van der Waals surface area contributed by atoms with Gasteiger partial charge in [0, 0.05) is 13.1 Å². The maximum atomic E-state index is 5.27. The fourth-order valence-corrected chi connectivity index (χ4v) is 1.28. The minimum Gasteiger partial charge on any atom is -0.379 e. The molecular formula is C8H18N2O. The van der Waals surface area contributed by atoms with Crippen molar-refractivity contribution in [3.63, 3.8) is 0 Å². The molecule has 3 heteroatoms. The molecule has 1 heterocycles. The van der Waals surface area contributed by atoms with Gasteiger partial charge < -0.3 is 10.1 Å². The summed E-state index contributed by atoms with van der Waals surface area (Å²) in [5, 5.41) is 3.28. The van der Waals surface area contributed by atoms with Gasteiger partial charge in [0.2, 0.25) is 0 Å². The summed E-state index contributed by atoms with van der Waals surface area (Å²) in [6, 6.07) is 0. The molecule has 0 unspecified atom stereocenters. The number of nitrogens with zero attached hydrogens (tertiary/aromatic N) is 1. The number of nitrogens with one attached hydrogen (secondary N) is 1. The molecule has 0 aromatic carbocycles. The van der Waals surface area contributed by atoms with Gasteiger partial charge in [-0.2, -0.15) is 0 Å². The molecule has 0 radical (unpaired) electrons. The molecule has 66 valence electrons. The first-order valence-corrected chi connectivity index (χ1v) is 4.18. The van der Waals surface area contributed by atoms with Gasteiger partial charge in [-0.15, -0.1) is 0 Å². The Bertz CT molecular complexity index is 119. The minimum absolute atomic E-state index is 0.115. The Morgan fingerprint density at radius 1 is 1.27 bits per heavy atom. The second-order valence-corrected chi connectivity index (χ2v) is 3.41. The maximum Gasteiger partial charge on any atom is 0.0653 e. The summed E-state index contributed by atoms with van der Waals surface area (Å²) in [6.07, 6.45) is 0. The van der Waals surface area contributed by atoms with E-state index in [-0.39, 0.29) is 5.66 Å². The lowest BCUT2D eigenvalue weighted by molar-refractivity contribution is -0.0194. The highest BCUT2D eigenvalue weighted by Crippen LogP contribution is 2.11. The molecule has 0 saturated carbocycles. The molecule has 1 rings (SSSR count). The van der Waals surface area contributed by atoms with Crippen molar-refractivity contribution in [2.75, 3.05) is 33.4 Å². The van der Waals surface area contributed by atoms with E-state index in [1.54, 1.807) is 0 Å². The molecular weight excluding hydrogens is 140 g/mol. The van der Waals surface area contributed by atoms with Crippen LogP contribution < -0.4 is 5.32 Å². The zero-order valence-electron chi connectivity index (χ0n) is 7.68. The first kappa shape index (κ1) is 8.97. The topological polar surface area (TPSA) is 24.5 Å². The molecule has 0 spiro atoms. The van der Waals surface area contributed by atoms with Gasteiger partial charge in [-0.05, 0) is 20.9 Å². The third-order valence-electron chi connectivity index (χ3n) is 2.41. The highest BCUT2D eigenvalue weighted by atomic mass is 16.5. The highest BCUT2D eigenvalue weighted by molar-refractivity contribution is 4.78. The monoisotopic (exact) mass is 158 g/mol. The van der Waals surface area contributed by atoms with Gasteiger partial charge in [0.1, 0.15) is 0 Å². The van der Waals surface area contributed by atoms with Crippen molar-refractivity contribution >= 4 is 0 Å². The number of hydrogen-bond donors (Lipinski definition) is 1. The third kappa shape index (κ3) is 2.15. The summed E-state index contributed by atoms with van der Waals surface area (Å²) in [5.74, 6) is 0. The molecule has 0 aromatic heterocycles. The smallest absolute Gasteiger partial charge is 0.0653 e. The Morgan fingerprint density at radius 2 is 1.82 bits per heavy atom. The highest BCUT2D eigenvalue weighted by Gasteiger charge is 2.25. The number of ether oxygens (including phenoxy) is 1. The summed E-state index contributed by atoms with van der Waals surface area (Å²) in [7, 11) is 2.00. The van der Waals surface area contributed by atoms with E-state index in [1.807, 2.05) is 7.05 Å². The van der Waals surface area contributed by atoms with Gasteiger partial charge in [-0.25, -0.2) is 0 Å². The van der Waals surface area contributed by atoms with Crippen molar-refractivity contribution in [1.29, 1.82) is 0 Å². The van der Waals surface area contributed by atoms with Gasteiger partial charge in [-0.1, -0.05) is 0 Å². The Kier molecular flexibility index (Phi) is 2.87. The van der Waals surface area contributed by atoms with E-state index in [1.165, 1.54) is 0 Å². The predicted octanol–water partition coefficient (Wildman–Crippen LogP) is 0.274. The molecule has 0 atom stereocenters. The Morgan fingerprint density at radius 3 is 2.27 bits per heavy atom. The summed E-state index contributed by atoms with van der Waals surface area (Å²) in [6.45, 7) is 8.19. The van der Waals surface area contributed by atoms with E-state index >= 15 is 0 Å². The first-order valence-electron chi connectivity index (χ1n) is 4.18. The van der Waals surface area contributed by atoms with Crippen LogP contribution in [0.25, 0.3) is 0 Å². The van der Waals surface area contributed by atoms with Gasteiger partial charge in [-0.3, -0.25) is 4.90 Å². The normalized spacial score (nSPS) is 22.1. The number of hydrogen-bond acceptors (Lipinski definition) is 3. The molecule has 1 saturated heterocycles. The molecule has 0 bridgehead atoms. The van der Waals surface area contributed by atoms with Crippen molar-refractivity contribution in [3.8, 4) is 0 Å². The lowest BCUT2D eigenvalue weighted by Crippen LogP contribution is -2.56. The molecule has 1 N–H and O–H groups in total. The van der Waals surface area contributed by atoms with Crippen LogP contribution in [0.3, 0.4) is 0 Å². The zero-order valence-corrected chi connectivity index (χ0v) is 7.68. The van der Waals surface area contributed by atoms with Crippen LogP contribution in [-0.2, 0) is 4.74 Å². The van der Waals surface area contributed by atoms with Gasteiger partial charge in [0.15, 0.2) is 0 Å². The Hall–Kier alpha value is -0.120. The molecule has 1 aliphatic heterocycles. The van der Waals surface area contributed by atoms with E-state index in [0.717, 1.165) is 26.3 Å². The number of rotatable bonds is 2. The SMILES string of the molecule is CNC(C)(C)N1CCOCC1. The second-order valence-electron chi connectivity index (χ2n) is 3.41. The lowest BCUT2D eigenvalue weighted by atomic mass is 10.2. The second kappa shape index (κ2) is 3.52. The third-order valence-corrected chi connectivity index (χ3v) is 2.41. The zero-order chi connectivity index (χ0) is 8.32. The molecule has 0 aromatic rings. The fourth-order valence-electron chi connectivity index (χ4n) is 1.28. The van der Waals surface area contributed by atoms with E-state index in [0.29, 0.717) is 0 Å². The van der Waals surface area contributed by atoms with E-state index < -0.39 is 0 Å².